The fourth-order valence-electron chi connectivity index (χ4n) is 5.69. The predicted octanol–water partition coefficient (Wildman–Crippen LogP) is 8.00. The van der Waals surface area contributed by atoms with Gasteiger partial charge in [-0.3, -0.25) is 4.79 Å². The molecule has 3 rings (SSSR count). The first-order valence-corrected chi connectivity index (χ1v) is 18.5. The highest BCUT2D eigenvalue weighted by Gasteiger charge is 2.49. The molecule has 0 aromatic heterocycles. The number of hydrogen-bond acceptors (Lipinski definition) is 6. The number of phenols is 1. The Kier molecular flexibility index (Phi) is 11.1. The van der Waals surface area contributed by atoms with E-state index in [0.717, 1.165) is 55.2 Å². The van der Waals surface area contributed by atoms with Gasteiger partial charge in [0.05, 0.1) is 6.10 Å². The summed E-state index contributed by atoms with van der Waals surface area (Å²) in [6.45, 7) is 23.5. The Hall–Kier alpha value is -2.58. The molecule has 234 valence electrons. The number of aliphatic imine (C=N–C) groups is 1. The van der Waals surface area contributed by atoms with Crippen molar-refractivity contribution in [2.75, 3.05) is 7.05 Å². The molecule has 1 aliphatic carbocycles. The van der Waals surface area contributed by atoms with Gasteiger partial charge in [-0.1, -0.05) is 64.3 Å². The summed E-state index contributed by atoms with van der Waals surface area (Å²) >= 11 is 0. The first-order valence-electron chi connectivity index (χ1n) is 15.6. The number of aromatic hydroxyl groups is 1. The number of nitrogens with zero attached hydrogens (tertiary/aromatic N) is 1. The number of hydrogen-bond donors (Lipinski definition) is 2. The van der Waals surface area contributed by atoms with Crippen LogP contribution in [0, 0.1) is 11.8 Å². The number of aryl methyl sites for hydroxylation is 1. The van der Waals surface area contributed by atoms with Crippen molar-refractivity contribution in [1.29, 1.82) is 0 Å². The van der Waals surface area contributed by atoms with E-state index in [2.05, 4.69) is 77.6 Å². The van der Waals surface area contributed by atoms with Crippen molar-refractivity contribution in [2.24, 2.45) is 16.8 Å². The highest BCUT2D eigenvalue weighted by Crippen LogP contribution is 2.47. The summed E-state index contributed by atoms with van der Waals surface area (Å²) in [5, 5.41) is 14.3. The third-order valence-electron chi connectivity index (χ3n) is 9.28. The van der Waals surface area contributed by atoms with E-state index < -0.39 is 20.5 Å². The molecule has 2 aliphatic rings. The molecule has 0 radical (unpaired) electrons. The third-order valence-corrected chi connectivity index (χ3v) is 13.8. The van der Waals surface area contributed by atoms with Crippen molar-refractivity contribution in [3.8, 4) is 11.5 Å². The molecule has 1 unspecified atom stereocenters. The molecular weight excluding hydrogens is 544 g/mol. The number of amides is 1. The van der Waals surface area contributed by atoms with Gasteiger partial charge in [-0.25, -0.2) is 4.99 Å². The van der Waals surface area contributed by atoms with Crippen molar-refractivity contribution >= 4 is 20.3 Å². The quantitative estimate of drug-likeness (QED) is 0.0673. The lowest BCUT2D eigenvalue weighted by Gasteiger charge is -2.44. The molecule has 42 heavy (non-hydrogen) atoms. The zero-order valence-corrected chi connectivity index (χ0v) is 28.6. The Morgan fingerprint density at radius 3 is 2.52 bits per heavy atom. The highest BCUT2D eigenvalue weighted by molar-refractivity contribution is 6.74. The van der Waals surface area contributed by atoms with Crippen molar-refractivity contribution in [2.45, 2.75) is 123 Å². The molecule has 0 bridgehead atoms. The van der Waals surface area contributed by atoms with E-state index in [1.165, 1.54) is 5.57 Å². The smallest absolute Gasteiger partial charge is 0.390 e. The van der Waals surface area contributed by atoms with Gasteiger partial charge in [0.15, 0.2) is 14.5 Å². The van der Waals surface area contributed by atoms with Gasteiger partial charge in [0.2, 0.25) is 5.91 Å². The lowest BCUT2D eigenvalue weighted by atomic mass is 9.73. The predicted molar refractivity (Wildman–Crippen MR) is 174 cm³/mol. The number of nitrogens with one attached hydrogen (secondary N) is 1. The summed E-state index contributed by atoms with van der Waals surface area (Å²) in [5.74, 6) is 0.247. The van der Waals surface area contributed by atoms with E-state index in [-0.39, 0.29) is 40.7 Å². The van der Waals surface area contributed by atoms with Gasteiger partial charge in [0.1, 0.15) is 17.4 Å². The first-order chi connectivity index (χ1) is 19.6. The number of carbonyl (C=O) groups excluding carboxylic acids is 1. The van der Waals surface area contributed by atoms with Crippen LogP contribution >= 0.6 is 0 Å². The fraction of sp³-hybridized carbons (Fsp3) is 0.647. The van der Waals surface area contributed by atoms with E-state index in [9.17, 15) is 9.90 Å². The van der Waals surface area contributed by atoms with Crippen LogP contribution in [-0.4, -0.2) is 44.8 Å². The number of unbranched alkanes of at least 4 members (excludes halogenated alkanes) is 2. The van der Waals surface area contributed by atoms with Gasteiger partial charge in [-0.05, 0) is 88.2 Å². The van der Waals surface area contributed by atoms with E-state index in [4.69, 9.17) is 13.9 Å². The van der Waals surface area contributed by atoms with Crippen LogP contribution in [0.5, 0.6) is 11.5 Å². The standard InChI is InChI=1S/C34H54N2O5Si/c1-12-13-14-15-24-19-27(37)30(26-18-22(4)16-17-25(26)21(2)3)28(20-24)39-33(35-9)40-32-29(31(38)36-32)23(5)41-42(10,11)34(6,7)8/h18-20,23,25-26,29,32,37H,2,12-17H2,1,3-11H3,(H,36,38)/b35-33+/t23-,25+,26-,29+,32?/m1/s1. The van der Waals surface area contributed by atoms with Crippen LogP contribution in [-0.2, 0) is 20.4 Å². The van der Waals surface area contributed by atoms with Crippen LogP contribution in [0.2, 0.25) is 18.1 Å². The number of rotatable bonds is 11. The second kappa shape index (κ2) is 13.8. The number of phenolic OH excluding ortho intramolecular Hbond substituents is 1. The molecule has 2 N–H and O–H groups in total. The van der Waals surface area contributed by atoms with Gasteiger partial charge < -0.3 is 24.3 Å². The lowest BCUT2D eigenvalue weighted by Crippen LogP contribution is -2.65. The van der Waals surface area contributed by atoms with Crippen molar-refractivity contribution in [3.63, 3.8) is 0 Å². The van der Waals surface area contributed by atoms with E-state index in [1.807, 2.05) is 19.1 Å². The summed E-state index contributed by atoms with van der Waals surface area (Å²) in [4.78, 5) is 17.0. The van der Waals surface area contributed by atoms with Crippen molar-refractivity contribution in [1.82, 2.24) is 5.32 Å². The fourth-order valence-corrected chi connectivity index (χ4v) is 7.12. The van der Waals surface area contributed by atoms with Crippen LogP contribution in [0.3, 0.4) is 0 Å². The van der Waals surface area contributed by atoms with Crippen molar-refractivity contribution < 1.29 is 23.8 Å². The van der Waals surface area contributed by atoms with Gasteiger partial charge in [-0.2, -0.15) is 0 Å². The summed E-state index contributed by atoms with van der Waals surface area (Å²) < 4.78 is 19.1. The molecule has 1 heterocycles. The lowest BCUT2D eigenvalue weighted by molar-refractivity contribution is -0.153. The molecule has 0 saturated carbocycles. The van der Waals surface area contributed by atoms with Gasteiger partial charge in [0.25, 0.3) is 0 Å². The van der Waals surface area contributed by atoms with Gasteiger partial charge in [-0.15, -0.1) is 0 Å². The Bertz CT molecular complexity index is 1200. The number of allylic oxidation sites excluding steroid dienone is 3. The Morgan fingerprint density at radius 1 is 1.26 bits per heavy atom. The maximum Gasteiger partial charge on any atom is 0.390 e. The maximum atomic E-state index is 12.7. The Labute approximate surface area is 255 Å². The normalized spacial score (nSPS) is 23.9. The maximum absolute atomic E-state index is 12.7. The molecule has 8 heteroatoms. The minimum Gasteiger partial charge on any atom is -0.507 e. The number of benzene rings is 1. The second-order valence-corrected chi connectivity index (χ2v) is 18.5. The molecule has 0 spiro atoms. The van der Waals surface area contributed by atoms with Crippen LogP contribution in [0.25, 0.3) is 0 Å². The van der Waals surface area contributed by atoms with Gasteiger partial charge >= 0.3 is 6.08 Å². The summed E-state index contributed by atoms with van der Waals surface area (Å²) in [7, 11) is -0.490. The van der Waals surface area contributed by atoms with E-state index in [1.54, 1.807) is 7.05 Å². The number of β-lactam (4-membered cyclic amide) rings is 1. The van der Waals surface area contributed by atoms with Crippen LogP contribution in [0.15, 0.2) is 40.9 Å². The van der Waals surface area contributed by atoms with Crippen LogP contribution in [0.1, 0.15) is 97.6 Å². The Morgan fingerprint density at radius 2 is 1.95 bits per heavy atom. The van der Waals surface area contributed by atoms with Gasteiger partial charge in [0, 0.05) is 18.5 Å². The summed E-state index contributed by atoms with van der Waals surface area (Å²) in [5.41, 5.74) is 4.09. The molecule has 1 fully saturated rings. The topological polar surface area (TPSA) is 89.4 Å². The summed E-state index contributed by atoms with van der Waals surface area (Å²) in [6, 6.07) is 3.88. The average molecular weight is 599 g/mol. The minimum atomic E-state index is -2.09. The molecule has 1 aliphatic heterocycles. The molecule has 1 aromatic rings. The molecule has 1 saturated heterocycles. The van der Waals surface area contributed by atoms with E-state index in [0.29, 0.717) is 5.75 Å². The summed E-state index contributed by atoms with van der Waals surface area (Å²) in [6.07, 6.45) is 7.39. The molecule has 1 aromatic carbocycles. The SMILES string of the molecule is C=C(C)[C@@H]1CCC(C)=C[C@H]1c1c(O)cc(CCCCC)cc1O/C(=N\C)OC1NC(=O)[C@@H]1[C@@H](C)O[Si](C)(C)C(C)(C)C. The highest BCUT2D eigenvalue weighted by atomic mass is 28.4. The zero-order valence-electron chi connectivity index (χ0n) is 27.6. The Balaban J connectivity index is 1.91. The molecule has 5 atom stereocenters. The van der Waals surface area contributed by atoms with Crippen LogP contribution < -0.4 is 10.1 Å². The third kappa shape index (κ3) is 7.87. The monoisotopic (exact) mass is 598 g/mol. The number of ether oxygens (including phenoxy) is 2. The average Bonchev–Trinajstić information content (AvgIpc) is 2.86. The number of carbonyl (C=O) groups is 1. The first kappa shape index (κ1) is 33.9. The van der Waals surface area contributed by atoms with Crippen LogP contribution in [0.4, 0.5) is 0 Å². The van der Waals surface area contributed by atoms with Crippen molar-refractivity contribution in [3.05, 3.63) is 47.1 Å². The largest absolute Gasteiger partial charge is 0.507 e. The zero-order chi connectivity index (χ0) is 31.4. The molecule has 7 nitrogen and oxygen atoms in total. The second-order valence-electron chi connectivity index (χ2n) is 13.8. The van der Waals surface area contributed by atoms with E-state index >= 15 is 0 Å². The molecular formula is C34H54N2O5Si. The molecule has 1 amide bonds. The minimum absolute atomic E-state index is 0.0190.